The predicted octanol–water partition coefficient (Wildman–Crippen LogP) is 3.82. The van der Waals surface area contributed by atoms with E-state index in [9.17, 15) is 14.4 Å². The van der Waals surface area contributed by atoms with Crippen LogP contribution in [-0.2, 0) is 6.42 Å². The lowest BCUT2D eigenvalue weighted by Gasteiger charge is -2.32. The third kappa shape index (κ3) is 4.38. The molecule has 0 unspecified atom stereocenters. The molecule has 0 atom stereocenters. The molecule has 1 aliphatic carbocycles. The van der Waals surface area contributed by atoms with Gasteiger partial charge in [-0.25, -0.2) is 0 Å². The van der Waals surface area contributed by atoms with Crippen molar-refractivity contribution in [3.05, 3.63) is 82.8 Å². The van der Waals surface area contributed by atoms with Crippen molar-refractivity contribution in [2.75, 3.05) is 20.2 Å². The molecule has 0 radical (unpaired) electrons. The number of carbonyl (C=O) groups is 2. The molecule has 0 fully saturated rings. The van der Waals surface area contributed by atoms with E-state index in [1.807, 2.05) is 13.8 Å². The molecule has 1 aromatic carbocycles. The molecule has 0 N–H and O–H groups in total. The minimum atomic E-state index is -0.451. The van der Waals surface area contributed by atoms with Crippen molar-refractivity contribution >= 4 is 11.7 Å². The SMILES string of the molecule is C=CCN(CC=C)C(=O)c1cc2c(n(-c3ccc(OC)cc3)c1=O)CC(C)(C)CC2=O. The summed E-state index contributed by atoms with van der Waals surface area (Å²) >= 11 is 0. The zero-order valence-corrected chi connectivity index (χ0v) is 18.3. The van der Waals surface area contributed by atoms with Crippen LogP contribution >= 0.6 is 0 Å². The highest BCUT2D eigenvalue weighted by molar-refractivity contribution is 6.02. The molecular weight excluding hydrogens is 392 g/mol. The number of amides is 1. The fraction of sp³-hybridized carbons (Fsp3) is 0.320. The number of methoxy groups -OCH3 is 1. The number of benzene rings is 1. The molecule has 0 aliphatic heterocycles. The van der Waals surface area contributed by atoms with Gasteiger partial charge in [-0.2, -0.15) is 0 Å². The summed E-state index contributed by atoms with van der Waals surface area (Å²) in [4.78, 5) is 41.3. The molecule has 2 aromatic rings. The van der Waals surface area contributed by atoms with Crippen LogP contribution in [0.25, 0.3) is 5.69 Å². The van der Waals surface area contributed by atoms with E-state index >= 15 is 0 Å². The van der Waals surface area contributed by atoms with Gasteiger partial charge in [-0.15, -0.1) is 13.2 Å². The summed E-state index contributed by atoms with van der Waals surface area (Å²) in [6.07, 6.45) is 4.09. The topological polar surface area (TPSA) is 68.6 Å². The molecule has 0 saturated heterocycles. The lowest BCUT2D eigenvalue weighted by molar-refractivity contribution is 0.0788. The van der Waals surface area contributed by atoms with Gasteiger partial charge in [0.25, 0.3) is 11.5 Å². The van der Waals surface area contributed by atoms with Crippen LogP contribution in [0.3, 0.4) is 0 Å². The van der Waals surface area contributed by atoms with Crippen LogP contribution < -0.4 is 10.3 Å². The Balaban J connectivity index is 2.28. The number of carbonyl (C=O) groups excluding carboxylic acids is 2. The number of Topliss-reactive ketones (excluding diaryl/α,β-unsaturated/α-hetero) is 1. The van der Waals surface area contributed by atoms with Gasteiger partial charge in [0.15, 0.2) is 5.78 Å². The zero-order valence-electron chi connectivity index (χ0n) is 18.3. The standard InChI is InChI=1S/C25H28N2O4/c1-6-12-26(13-7-2)23(29)20-14-19-21(15-25(3,4)16-22(19)28)27(24(20)30)17-8-10-18(31-5)11-9-17/h6-11,14H,1-2,12-13,15-16H2,3-5H3. The molecule has 6 heteroatoms. The number of hydrogen-bond donors (Lipinski definition) is 0. The first-order chi connectivity index (χ1) is 14.7. The van der Waals surface area contributed by atoms with Gasteiger partial charge >= 0.3 is 0 Å². The minimum absolute atomic E-state index is 0.0358. The first-order valence-corrected chi connectivity index (χ1v) is 10.2. The molecule has 162 valence electrons. The fourth-order valence-corrected chi connectivity index (χ4v) is 3.99. The number of fused-ring (bicyclic) bond motifs is 1. The maximum absolute atomic E-state index is 13.6. The Morgan fingerprint density at radius 2 is 1.74 bits per heavy atom. The summed E-state index contributed by atoms with van der Waals surface area (Å²) in [6, 6.07) is 8.48. The van der Waals surface area contributed by atoms with Crippen LogP contribution in [0.2, 0.25) is 0 Å². The van der Waals surface area contributed by atoms with Gasteiger partial charge in [0, 0.05) is 36.5 Å². The van der Waals surface area contributed by atoms with E-state index in [-0.39, 0.29) is 29.9 Å². The van der Waals surface area contributed by atoms with Gasteiger partial charge in [-0.1, -0.05) is 26.0 Å². The Morgan fingerprint density at radius 3 is 2.29 bits per heavy atom. The lowest BCUT2D eigenvalue weighted by atomic mass is 9.75. The van der Waals surface area contributed by atoms with E-state index in [1.165, 1.54) is 15.5 Å². The molecule has 1 aliphatic rings. The molecule has 1 aromatic heterocycles. The second-order valence-corrected chi connectivity index (χ2v) is 8.49. The summed E-state index contributed by atoms with van der Waals surface area (Å²) in [5, 5.41) is 0. The van der Waals surface area contributed by atoms with Crippen LogP contribution in [0.1, 0.15) is 46.7 Å². The first-order valence-electron chi connectivity index (χ1n) is 10.2. The van der Waals surface area contributed by atoms with E-state index in [0.717, 1.165) is 0 Å². The number of ether oxygens (including phenoxy) is 1. The van der Waals surface area contributed by atoms with Crippen LogP contribution in [0.4, 0.5) is 0 Å². The van der Waals surface area contributed by atoms with Gasteiger partial charge in [0.05, 0.1) is 7.11 Å². The predicted molar refractivity (Wildman–Crippen MR) is 121 cm³/mol. The second-order valence-electron chi connectivity index (χ2n) is 8.49. The second kappa shape index (κ2) is 8.76. The van der Waals surface area contributed by atoms with Gasteiger partial charge in [0.1, 0.15) is 11.3 Å². The maximum atomic E-state index is 13.6. The Kier molecular flexibility index (Phi) is 6.29. The Bertz CT molecular complexity index is 1080. The van der Waals surface area contributed by atoms with Crippen LogP contribution in [-0.4, -0.2) is 41.4 Å². The summed E-state index contributed by atoms with van der Waals surface area (Å²) in [7, 11) is 1.57. The van der Waals surface area contributed by atoms with E-state index in [2.05, 4.69) is 13.2 Å². The quantitative estimate of drug-likeness (QED) is 0.639. The van der Waals surface area contributed by atoms with Crippen molar-refractivity contribution in [3.8, 4) is 11.4 Å². The normalized spacial score (nSPS) is 14.5. The Labute approximate surface area is 182 Å². The average molecular weight is 421 g/mol. The Morgan fingerprint density at radius 1 is 1.13 bits per heavy atom. The third-order valence-corrected chi connectivity index (χ3v) is 5.44. The van der Waals surface area contributed by atoms with Crippen LogP contribution in [0.15, 0.2) is 60.4 Å². The molecule has 1 amide bonds. The molecule has 0 bridgehead atoms. The molecular formula is C25H28N2O4. The summed E-state index contributed by atoms with van der Waals surface area (Å²) in [5.74, 6) is 0.131. The molecule has 0 spiro atoms. The number of pyridine rings is 1. The highest BCUT2D eigenvalue weighted by atomic mass is 16.5. The average Bonchev–Trinajstić information content (AvgIpc) is 2.72. The summed E-state index contributed by atoms with van der Waals surface area (Å²) in [5.41, 5.74) is 0.876. The number of hydrogen-bond acceptors (Lipinski definition) is 4. The van der Waals surface area contributed by atoms with Crippen LogP contribution in [0.5, 0.6) is 5.75 Å². The van der Waals surface area contributed by atoms with Crippen molar-refractivity contribution < 1.29 is 14.3 Å². The van der Waals surface area contributed by atoms with Crippen molar-refractivity contribution in [1.29, 1.82) is 0 Å². The van der Waals surface area contributed by atoms with E-state index < -0.39 is 11.5 Å². The van der Waals surface area contributed by atoms with Gasteiger partial charge in [-0.3, -0.25) is 19.0 Å². The molecule has 3 rings (SSSR count). The first kappa shape index (κ1) is 22.3. The maximum Gasteiger partial charge on any atom is 0.268 e. The van der Waals surface area contributed by atoms with Crippen molar-refractivity contribution in [2.45, 2.75) is 26.7 Å². The smallest absolute Gasteiger partial charge is 0.268 e. The minimum Gasteiger partial charge on any atom is -0.497 e. The van der Waals surface area contributed by atoms with Gasteiger partial charge in [-0.05, 0) is 42.2 Å². The third-order valence-electron chi connectivity index (χ3n) is 5.44. The van der Waals surface area contributed by atoms with E-state index in [1.54, 1.807) is 43.5 Å². The van der Waals surface area contributed by atoms with E-state index in [4.69, 9.17) is 4.74 Å². The Hall–Kier alpha value is -3.41. The highest BCUT2D eigenvalue weighted by Gasteiger charge is 2.35. The van der Waals surface area contributed by atoms with Gasteiger partial charge in [0.2, 0.25) is 0 Å². The largest absolute Gasteiger partial charge is 0.497 e. The number of ketones is 1. The van der Waals surface area contributed by atoms with E-state index in [0.29, 0.717) is 35.5 Å². The number of aromatic nitrogens is 1. The molecule has 1 heterocycles. The molecule has 6 nitrogen and oxygen atoms in total. The monoisotopic (exact) mass is 420 g/mol. The number of rotatable bonds is 7. The molecule has 0 saturated carbocycles. The number of nitrogens with zero attached hydrogens (tertiary/aromatic N) is 2. The van der Waals surface area contributed by atoms with Crippen molar-refractivity contribution in [3.63, 3.8) is 0 Å². The fourth-order valence-electron chi connectivity index (χ4n) is 3.99. The lowest BCUT2D eigenvalue weighted by Crippen LogP contribution is -2.40. The zero-order chi connectivity index (χ0) is 22.8. The highest BCUT2D eigenvalue weighted by Crippen LogP contribution is 2.35. The van der Waals surface area contributed by atoms with Crippen LogP contribution in [0, 0.1) is 5.41 Å². The van der Waals surface area contributed by atoms with Crippen molar-refractivity contribution in [1.82, 2.24) is 9.47 Å². The summed E-state index contributed by atoms with van der Waals surface area (Å²) in [6.45, 7) is 11.9. The van der Waals surface area contributed by atoms with Gasteiger partial charge < -0.3 is 9.64 Å². The summed E-state index contributed by atoms with van der Waals surface area (Å²) < 4.78 is 6.73. The van der Waals surface area contributed by atoms with Crippen molar-refractivity contribution in [2.24, 2.45) is 5.41 Å². The molecule has 31 heavy (non-hydrogen) atoms.